The van der Waals surface area contributed by atoms with Gasteiger partial charge in [-0.3, -0.25) is 20.4 Å². The molecule has 3 rings (SSSR count). The predicted octanol–water partition coefficient (Wildman–Crippen LogP) is 3.68. The number of carbonyl (C=O) groups excluding carboxylic acids is 2. The molecule has 0 saturated heterocycles. The average Bonchev–Trinajstić information content (AvgIpc) is 2.71. The van der Waals surface area contributed by atoms with Crippen LogP contribution < -0.4 is 20.3 Å². The van der Waals surface area contributed by atoms with Crippen LogP contribution in [-0.4, -0.2) is 25.0 Å². The molecule has 2 N–H and O–H groups in total. The number of amides is 2. The van der Waals surface area contributed by atoms with Gasteiger partial charge in [-0.15, -0.1) is 0 Å². The van der Waals surface area contributed by atoms with E-state index in [1.807, 2.05) is 42.5 Å². The second-order valence-corrected chi connectivity index (χ2v) is 7.22. The van der Waals surface area contributed by atoms with Crippen molar-refractivity contribution < 1.29 is 19.1 Å². The summed E-state index contributed by atoms with van der Waals surface area (Å²) in [5.74, 6) is 0.382. The third-order valence-electron chi connectivity index (χ3n) is 4.12. The average molecular weight is 490 g/mol. The molecule has 1 atom stereocenters. The van der Waals surface area contributed by atoms with E-state index in [0.29, 0.717) is 17.1 Å². The van der Waals surface area contributed by atoms with E-state index in [1.165, 1.54) is 0 Å². The molecule has 0 aliphatic rings. The second-order valence-electron chi connectivity index (χ2n) is 6.06. The number of halogens is 1. The molecule has 0 fully saturated rings. The maximum atomic E-state index is 12.2. The standard InChI is InChI=1S/C21H19IN2O4/c1-13(28-17-9-7-14-5-3-4-6-15(14)11-17)20(25)23-24-21(26)16-8-10-19(27-2)18(22)12-16/h3-13H,1-2H3,(H,23,25)(H,24,26). The minimum atomic E-state index is -0.780. The molecule has 0 heterocycles. The summed E-state index contributed by atoms with van der Waals surface area (Å²) in [7, 11) is 1.56. The highest BCUT2D eigenvalue weighted by molar-refractivity contribution is 14.1. The van der Waals surface area contributed by atoms with Gasteiger partial charge >= 0.3 is 0 Å². The number of carbonyl (C=O) groups is 2. The molecule has 3 aromatic carbocycles. The largest absolute Gasteiger partial charge is 0.496 e. The summed E-state index contributed by atoms with van der Waals surface area (Å²) >= 11 is 2.08. The monoisotopic (exact) mass is 490 g/mol. The number of fused-ring (bicyclic) bond motifs is 1. The second kappa shape index (κ2) is 8.92. The Hall–Kier alpha value is -2.81. The summed E-state index contributed by atoms with van der Waals surface area (Å²) in [6, 6.07) is 18.5. The molecule has 0 saturated carbocycles. The molecule has 0 bridgehead atoms. The fourth-order valence-corrected chi connectivity index (χ4v) is 3.33. The Bertz CT molecular complexity index is 1020. The molecule has 3 aromatic rings. The first kappa shape index (κ1) is 19.9. The zero-order valence-corrected chi connectivity index (χ0v) is 17.5. The minimum Gasteiger partial charge on any atom is -0.496 e. The first-order valence-electron chi connectivity index (χ1n) is 8.57. The molecular weight excluding hydrogens is 471 g/mol. The van der Waals surface area contributed by atoms with Crippen molar-refractivity contribution in [3.8, 4) is 11.5 Å². The van der Waals surface area contributed by atoms with E-state index < -0.39 is 17.9 Å². The highest BCUT2D eigenvalue weighted by Crippen LogP contribution is 2.22. The molecule has 0 spiro atoms. The molecule has 0 aromatic heterocycles. The van der Waals surface area contributed by atoms with Gasteiger partial charge in [0.05, 0.1) is 10.7 Å². The van der Waals surface area contributed by atoms with Gasteiger partial charge in [0, 0.05) is 5.56 Å². The van der Waals surface area contributed by atoms with E-state index in [-0.39, 0.29) is 0 Å². The topological polar surface area (TPSA) is 76.7 Å². The van der Waals surface area contributed by atoms with E-state index >= 15 is 0 Å². The van der Waals surface area contributed by atoms with Gasteiger partial charge in [0.15, 0.2) is 6.10 Å². The molecule has 1 unspecified atom stereocenters. The van der Waals surface area contributed by atoms with Gasteiger partial charge in [-0.2, -0.15) is 0 Å². The minimum absolute atomic E-state index is 0.411. The van der Waals surface area contributed by atoms with Gasteiger partial charge in [0.1, 0.15) is 11.5 Å². The van der Waals surface area contributed by atoms with Gasteiger partial charge in [-0.25, -0.2) is 0 Å². The Kier molecular flexibility index (Phi) is 6.35. The van der Waals surface area contributed by atoms with Crippen LogP contribution in [0.5, 0.6) is 11.5 Å². The van der Waals surface area contributed by atoms with E-state index in [2.05, 4.69) is 33.4 Å². The van der Waals surface area contributed by atoms with Gasteiger partial charge in [0.2, 0.25) is 0 Å². The molecule has 0 aliphatic carbocycles. The van der Waals surface area contributed by atoms with Gasteiger partial charge < -0.3 is 9.47 Å². The van der Waals surface area contributed by atoms with Gasteiger partial charge in [-0.05, 0) is 70.6 Å². The van der Waals surface area contributed by atoms with Crippen LogP contribution in [0.3, 0.4) is 0 Å². The third kappa shape index (κ3) is 4.72. The van der Waals surface area contributed by atoms with Crippen molar-refractivity contribution in [1.82, 2.24) is 10.9 Å². The zero-order valence-electron chi connectivity index (χ0n) is 15.4. The van der Waals surface area contributed by atoms with E-state index in [4.69, 9.17) is 9.47 Å². The highest BCUT2D eigenvalue weighted by Gasteiger charge is 2.16. The fraction of sp³-hybridized carbons (Fsp3) is 0.143. The van der Waals surface area contributed by atoms with Crippen LogP contribution >= 0.6 is 22.6 Å². The predicted molar refractivity (Wildman–Crippen MR) is 115 cm³/mol. The number of rotatable bonds is 5. The van der Waals surface area contributed by atoms with Crippen molar-refractivity contribution in [3.05, 3.63) is 69.8 Å². The van der Waals surface area contributed by atoms with Gasteiger partial charge in [0.25, 0.3) is 11.8 Å². The van der Waals surface area contributed by atoms with Crippen LogP contribution in [-0.2, 0) is 4.79 Å². The normalized spacial score (nSPS) is 11.5. The summed E-state index contributed by atoms with van der Waals surface area (Å²) in [5, 5.41) is 2.11. The maximum Gasteiger partial charge on any atom is 0.279 e. The van der Waals surface area contributed by atoms with Crippen LogP contribution in [0, 0.1) is 3.57 Å². The van der Waals surface area contributed by atoms with E-state index in [9.17, 15) is 9.59 Å². The summed E-state index contributed by atoms with van der Waals surface area (Å²) in [5.41, 5.74) is 5.20. The number of methoxy groups -OCH3 is 1. The van der Waals surface area contributed by atoms with Crippen molar-refractivity contribution in [2.75, 3.05) is 7.11 Å². The molecule has 0 radical (unpaired) electrons. The van der Waals surface area contributed by atoms with Crippen molar-refractivity contribution in [3.63, 3.8) is 0 Å². The van der Waals surface area contributed by atoms with Crippen LogP contribution in [0.15, 0.2) is 60.7 Å². The smallest absolute Gasteiger partial charge is 0.279 e. The van der Waals surface area contributed by atoms with Crippen molar-refractivity contribution in [2.45, 2.75) is 13.0 Å². The molecule has 28 heavy (non-hydrogen) atoms. The van der Waals surface area contributed by atoms with Crippen LogP contribution in [0.1, 0.15) is 17.3 Å². The summed E-state index contributed by atoms with van der Waals surface area (Å²) in [6.45, 7) is 1.62. The quantitative estimate of drug-likeness (QED) is 0.423. The lowest BCUT2D eigenvalue weighted by Gasteiger charge is -2.15. The molecular formula is C21H19IN2O4. The number of ether oxygens (including phenoxy) is 2. The number of hydrogen-bond donors (Lipinski definition) is 2. The number of hydrazine groups is 1. The Morgan fingerprint density at radius 3 is 2.43 bits per heavy atom. The summed E-state index contributed by atoms with van der Waals surface area (Å²) < 4.78 is 11.7. The Labute approximate surface area is 176 Å². The van der Waals surface area contributed by atoms with Crippen LogP contribution in [0.4, 0.5) is 0 Å². The van der Waals surface area contributed by atoms with Crippen molar-refractivity contribution >= 4 is 45.2 Å². The third-order valence-corrected chi connectivity index (χ3v) is 4.96. The lowest BCUT2D eigenvalue weighted by molar-refractivity contribution is -0.128. The highest BCUT2D eigenvalue weighted by atomic mass is 127. The molecule has 0 aliphatic heterocycles. The number of benzene rings is 3. The lowest BCUT2D eigenvalue weighted by Crippen LogP contribution is -2.47. The Morgan fingerprint density at radius 2 is 1.71 bits per heavy atom. The zero-order chi connectivity index (χ0) is 20.1. The summed E-state index contributed by atoms with van der Waals surface area (Å²) in [6.07, 6.45) is -0.780. The van der Waals surface area contributed by atoms with E-state index in [0.717, 1.165) is 14.3 Å². The molecule has 2 amide bonds. The first-order chi connectivity index (χ1) is 13.5. The van der Waals surface area contributed by atoms with Crippen LogP contribution in [0.2, 0.25) is 0 Å². The van der Waals surface area contributed by atoms with Gasteiger partial charge in [-0.1, -0.05) is 30.3 Å². The van der Waals surface area contributed by atoms with Crippen molar-refractivity contribution in [1.29, 1.82) is 0 Å². The molecule has 6 nitrogen and oxygen atoms in total. The van der Waals surface area contributed by atoms with Crippen molar-refractivity contribution in [2.24, 2.45) is 0 Å². The first-order valence-corrected chi connectivity index (χ1v) is 9.65. The maximum absolute atomic E-state index is 12.2. The SMILES string of the molecule is COc1ccc(C(=O)NNC(=O)C(C)Oc2ccc3ccccc3c2)cc1I. The van der Waals surface area contributed by atoms with Crippen LogP contribution in [0.25, 0.3) is 10.8 Å². The number of hydrogen-bond acceptors (Lipinski definition) is 4. The fourth-order valence-electron chi connectivity index (χ4n) is 2.60. The lowest BCUT2D eigenvalue weighted by atomic mass is 10.1. The Balaban J connectivity index is 1.57. The Morgan fingerprint density at radius 1 is 0.964 bits per heavy atom. The molecule has 7 heteroatoms. The van der Waals surface area contributed by atoms with E-state index in [1.54, 1.807) is 32.2 Å². The number of nitrogens with one attached hydrogen (secondary N) is 2. The molecule has 144 valence electrons. The summed E-state index contributed by atoms with van der Waals surface area (Å²) in [4.78, 5) is 24.5.